The molecule has 1 heterocycles. The number of phenols is 1. The highest BCUT2D eigenvalue weighted by Gasteiger charge is 2.43. The van der Waals surface area contributed by atoms with Gasteiger partial charge in [-0.3, -0.25) is 9.59 Å². The van der Waals surface area contributed by atoms with Crippen LogP contribution in [0.15, 0.2) is 76.5 Å². The van der Waals surface area contributed by atoms with Crippen molar-refractivity contribution in [1.82, 2.24) is 10.6 Å². The van der Waals surface area contributed by atoms with Gasteiger partial charge in [0.1, 0.15) is 23.6 Å². The molecular formula is C39H51N3O12S4. The minimum absolute atomic E-state index is 0.0541. The second-order valence-corrected chi connectivity index (χ2v) is 23.5. The normalized spacial score (nSPS) is 16.0. The number of carbonyl (C=O) groups is 3. The number of anilines is 2. The van der Waals surface area contributed by atoms with Gasteiger partial charge in [-0.05, 0) is 61.4 Å². The molecule has 3 aromatic rings. The molecule has 0 saturated heterocycles. The van der Waals surface area contributed by atoms with E-state index in [0.717, 1.165) is 44.2 Å². The maximum absolute atomic E-state index is 14.5. The average Bonchev–Trinajstić information content (AvgIpc) is 3.27. The van der Waals surface area contributed by atoms with Crippen LogP contribution >= 0.6 is 11.8 Å². The molecule has 0 unspecified atom stereocenters. The van der Waals surface area contributed by atoms with Crippen molar-refractivity contribution in [2.24, 2.45) is 5.41 Å². The molecule has 1 aliphatic rings. The maximum atomic E-state index is 14.5. The van der Waals surface area contributed by atoms with E-state index < -0.39 is 81.6 Å². The number of hydrogen-bond donors (Lipinski definition) is 4. The molecule has 15 nitrogen and oxygen atoms in total. The lowest BCUT2D eigenvalue weighted by atomic mass is 9.79. The number of aliphatic carboxylic acids is 1. The zero-order valence-corrected chi connectivity index (χ0v) is 36.1. The van der Waals surface area contributed by atoms with Crippen molar-refractivity contribution in [2.75, 3.05) is 42.1 Å². The predicted molar refractivity (Wildman–Crippen MR) is 223 cm³/mol. The Morgan fingerprint density at radius 2 is 1.57 bits per heavy atom. The zero-order valence-electron chi connectivity index (χ0n) is 32.8. The number of benzene rings is 3. The molecule has 0 saturated carbocycles. The molecule has 0 spiro atoms. The summed E-state index contributed by atoms with van der Waals surface area (Å²) >= 11 is 1.28. The number of unbranched alkanes of at least 4 members (excludes halogenated alkanes) is 2. The molecule has 4 rings (SSSR count). The number of sulfone groups is 1. The average molecular weight is 882 g/mol. The third-order valence-electron chi connectivity index (χ3n) is 9.94. The highest BCUT2D eigenvalue weighted by Crippen LogP contribution is 2.47. The van der Waals surface area contributed by atoms with Crippen molar-refractivity contribution >= 4 is 68.5 Å². The molecule has 0 fully saturated rings. The van der Waals surface area contributed by atoms with E-state index in [9.17, 15) is 49.9 Å². The summed E-state index contributed by atoms with van der Waals surface area (Å²) in [6, 6.07) is 14.4. The molecule has 2 atom stereocenters. The van der Waals surface area contributed by atoms with Gasteiger partial charge in [0.05, 0.1) is 33.2 Å². The number of carboxylic acid groups (broad SMARTS) is 1. The summed E-state index contributed by atoms with van der Waals surface area (Å²) in [4.78, 5) is 41.7. The van der Waals surface area contributed by atoms with Crippen LogP contribution in [0, 0.1) is 5.41 Å². The molecule has 3 aromatic carbocycles. The number of para-hydroxylation sites is 1. The van der Waals surface area contributed by atoms with Gasteiger partial charge in [-0.1, -0.05) is 69.9 Å². The minimum Gasteiger partial charge on any atom is -0.508 e. The summed E-state index contributed by atoms with van der Waals surface area (Å²) in [7, 11) is -13.2. The number of aromatic hydroxyl groups is 1. The van der Waals surface area contributed by atoms with Crippen LogP contribution in [-0.2, 0) is 42.0 Å². The fraction of sp³-hybridized carbons (Fsp3) is 0.462. The number of rotatable bonds is 20. The SMILES string of the molecule is CCCCC1(CCCC)CN(c2ccccc2)c2cc(SC)c(OCC(=O)N[C@@H](C(=O)N[C@@H](CCS(=O)(=O)S(C)(=O)=O)C(=O)O)c3ccc(O)cc3)cc2S(=O)(=O)C1. The van der Waals surface area contributed by atoms with Gasteiger partial charge < -0.3 is 30.5 Å². The zero-order chi connectivity index (χ0) is 42.9. The summed E-state index contributed by atoms with van der Waals surface area (Å²) < 4.78 is 82.4. The topological polar surface area (TPSA) is 231 Å². The molecule has 0 radical (unpaired) electrons. The summed E-state index contributed by atoms with van der Waals surface area (Å²) in [5, 5.41) is 24.2. The smallest absolute Gasteiger partial charge is 0.326 e. The van der Waals surface area contributed by atoms with Crippen LogP contribution < -0.4 is 20.3 Å². The number of phenolic OH excluding ortho intramolecular Hbond substituents is 1. The summed E-state index contributed by atoms with van der Waals surface area (Å²) in [6.07, 6.45) is 6.45. The molecule has 0 aromatic heterocycles. The first-order valence-electron chi connectivity index (χ1n) is 18.7. The van der Waals surface area contributed by atoms with Gasteiger partial charge >= 0.3 is 5.97 Å². The fourth-order valence-electron chi connectivity index (χ4n) is 6.82. The fourth-order valence-corrected chi connectivity index (χ4v) is 11.5. The van der Waals surface area contributed by atoms with Crippen LogP contribution in [0.4, 0.5) is 11.4 Å². The monoisotopic (exact) mass is 881 g/mol. The first-order chi connectivity index (χ1) is 27.3. The summed E-state index contributed by atoms with van der Waals surface area (Å²) in [6.45, 7) is 3.94. The van der Waals surface area contributed by atoms with Crippen LogP contribution in [0.2, 0.25) is 0 Å². The van der Waals surface area contributed by atoms with E-state index in [1.54, 1.807) is 12.3 Å². The summed E-state index contributed by atoms with van der Waals surface area (Å²) in [5.74, 6) is -4.84. The van der Waals surface area contributed by atoms with Crippen molar-refractivity contribution in [3.63, 3.8) is 0 Å². The number of ether oxygens (including phenoxy) is 1. The minimum atomic E-state index is -4.74. The van der Waals surface area contributed by atoms with Crippen molar-refractivity contribution in [3.8, 4) is 11.5 Å². The van der Waals surface area contributed by atoms with E-state index in [1.165, 1.54) is 42.1 Å². The Labute approximate surface area is 344 Å². The first kappa shape index (κ1) is 46.4. The van der Waals surface area contributed by atoms with E-state index >= 15 is 0 Å². The van der Waals surface area contributed by atoms with Gasteiger partial charge in [-0.15, -0.1) is 11.8 Å². The lowest BCUT2D eigenvalue weighted by molar-refractivity contribution is -0.142. The Hall–Kier alpha value is -4.33. The highest BCUT2D eigenvalue weighted by molar-refractivity contribution is 8.66. The van der Waals surface area contributed by atoms with Gasteiger partial charge in [-0.2, -0.15) is 0 Å². The molecule has 318 valence electrons. The lowest BCUT2D eigenvalue weighted by Gasteiger charge is -2.37. The largest absolute Gasteiger partial charge is 0.508 e. The lowest BCUT2D eigenvalue weighted by Crippen LogP contribution is -2.48. The number of nitrogens with zero attached hydrogens (tertiary/aromatic N) is 1. The van der Waals surface area contributed by atoms with Crippen LogP contribution in [0.3, 0.4) is 0 Å². The van der Waals surface area contributed by atoms with E-state index in [1.807, 2.05) is 30.3 Å². The number of amides is 2. The second kappa shape index (κ2) is 19.6. The van der Waals surface area contributed by atoms with Crippen LogP contribution in [-0.4, -0.2) is 96.5 Å². The Bertz CT molecular complexity index is 2260. The van der Waals surface area contributed by atoms with Crippen LogP contribution in [0.5, 0.6) is 11.5 Å². The molecule has 58 heavy (non-hydrogen) atoms. The Kier molecular flexibility index (Phi) is 15.7. The first-order valence-corrected chi connectivity index (χ1v) is 25.6. The standard InChI is InChI=1S/C39H51N3O12S4/c1-5-7-19-39(20-8-6-2)25-42(28-12-10-9-11-13-28)31-22-33(55-3)32(23-34(31)57(50,51)26-39)54-24-35(44)41-36(27-14-16-29(43)17-15-27)37(45)40-30(38(46)47)18-21-58(52,53)56(4,48)49/h9-17,22-23,30,36,43H,5-8,18-21,24-26H2,1-4H3,(H,40,45)(H,41,44)(H,46,47)/t30-,36+/m0/s1. The third kappa shape index (κ3) is 11.7. The van der Waals surface area contributed by atoms with Crippen LogP contribution in [0.25, 0.3) is 0 Å². The number of carbonyl (C=O) groups excluding carboxylic acids is 2. The number of carboxylic acids is 1. The molecular weight excluding hydrogens is 831 g/mol. The highest BCUT2D eigenvalue weighted by atomic mass is 33.2. The van der Waals surface area contributed by atoms with Gasteiger partial charge in [0, 0.05) is 23.7 Å². The van der Waals surface area contributed by atoms with Crippen molar-refractivity contribution in [1.29, 1.82) is 0 Å². The molecule has 0 aliphatic carbocycles. The van der Waals surface area contributed by atoms with Gasteiger partial charge in [0.2, 0.25) is 5.91 Å². The number of nitrogens with one attached hydrogen (secondary N) is 2. The van der Waals surface area contributed by atoms with Gasteiger partial charge in [0.25, 0.3) is 23.6 Å². The van der Waals surface area contributed by atoms with E-state index in [0.29, 0.717) is 23.4 Å². The van der Waals surface area contributed by atoms with Crippen molar-refractivity contribution in [2.45, 2.75) is 80.7 Å². The summed E-state index contributed by atoms with van der Waals surface area (Å²) in [5.41, 5.74) is 0.890. The predicted octanol–water partition coefficient (Wildman–Crippen LogP) is 4.98. The quantitative estimate of drug-likeness (QED) is 0.0867. The second-order valence-electron chi connectivity index (χ2n) is 14.4. The third-order valence-corrected chi connectivity index (χ3v) is 17.6. The molecule has 1 aliphatic heterocycles. The van der Waals surface area contributed by atoms with Crippen LogP contribution in [0.1, 0.15) is 70.4 Å². The molecule has 0 bridgehead atoms. The molecule has 4 N–H and O–H groups in total. The van der Waals surface area contributed by atoms with E-state index in [-0.39, 0.29) is 27.7 Å². The number of hydrogen-bond acceptors (Lipinski definition) is 13. The molecule has 2 amide bonds. The Morgan fingerprint density at radius 3 is 2.12 bits per heavy atom. The van der Waals surface area contributed by atoms with Crippen molar-refractivity contribution < 1.29 is 54.6 Å². The van der Waals surface area contributed by atoms with Crippen molar-refractivity contribution in [3.05, 3.63) is 72.3 Å². The number of fused-ring (bicyclic) bond motifs is 1. The maximum Gasteiger partial charge on any atom is 0.326 e. The Balaban J connectivity index is 1.66. The molecule has 19 heteroatoms. The number of thioether (sulfide) groups is 1. The Morgan fingerprint density at radius 1 is 0.948 bits per heavy atom. The van der Waals surface area contributed by atoms with Gasteiger partial charge in [-0.25, -0.2) is 30.0 Å². The van der Waals surface area contributed by atoms with Gasteiger partial charge in [0.15, 0.2) is 16.4 Å². The van der Waals surface area contributed by atoms with E-state index in [4.69, 9.17) is 4.74 Å². The van der Waals surface area contributed by atoms with E-state index in [2.05, 4.69) is 29.4 Å².